The normalized spacial score (nSPS) is 17.8. The molecule has 57 heavy (non-hydrogen) atoms. The van der Waals surface area contributed by atoms with E-state index in [0.29, 0.717) is 72.2 Å². The number of fused-ring (bicyclic) bond motifs is 4. The van der Waals surface area contributed by atoms with Gasteiger partial charge in [0.1, 0.15) is 5.75 Å². The van der Waals surface area contributed by atoms with Gasteiger partial charge in [0.15, 0.2) is 11.5 Å². The molecule has 2 atom stereocenters. The van der Waals surface area contributed by atoms with Gasteiger partial charge in [-0.25, -0.2) is 4.79 Å². The lowest BCUT2D eigenvalue weighted by Crippen LogP contribution is -2.32. The third-order valence-electron chi connectivity index (χ3n) is 10.6. The van der Waals surface area contributed by atoms with Gasteiger partial charge in [-0.05, 0) is 77.6 Å². The van der Waals surface area contributed by atoms with Gasteiger partial charge < -0.3 is 34.4 Å². The Morgan fingerprint density at radius 2 is 1.32 bits per heavy atom. The highest BCUT2D eigenvalue weighted by atomic mass is 16.5. The third kappa shape index (κ3) is 7.50. The van der Waals surface area contributed by atoms with E-state index in [4.69, 9.17) is 19.2 Å². The maximum Gasteiger partial charge on any atom is 0.335 e. The van der Waals surface area contributed by atoms with Crippen LogP contribution in [0.3, 0.4) is 0 Å². The number of benzene rings is 4. The summed E-state index contributed by atoms with van der Waals surface area (Å²) < 4.78 is 17.9. The van der Waals surface area contributed by atoms with Crippen LogP contribution in [-0.2, 0) is 0 Å². The lowest BCUT2D eigenvalue weighted by Gasteiger charge is -2.19. The molecular formula is C45H43N5O7. The molecule has 4 aromatic rings. The van der Waals surface area contributed by atoms with Gasteiger partial charge in [0.25, 0.3) is 11.8 Å². The number of ether oxygens (including phenoxy) is 3. The van der Waals surface area contributed by atoms with Gasteiger partial charge in [-0.2, -0.15) is 0 Å². The van der Waals surface area contributed by atoms with Gasteiger partial charge in [0, 0.05) is 68.5 Å². The fraction of sp³-hybridized carbons (Fsp3) is 0.267. The van der Waals surface area contributed by atoms with Crippen LogP contribution >= 0.6 is 0 Å². The van der Waals surface area contributed by atoms with E-state index in [9.17, 15) is 19.5 Å². The van der Waals surface area contributed by atoms with Gasteiger partial charge in [-0.1, -0.05) is 31.2 Å². The molecule has 290 valence electrons. The van der Waals surface area contributed by atoms with E-state index in [2.05, 4.69) is 41.5 Å². The minimum atomic E-state index is -0.982. The van der Waals surface area contributed by atoms with E-state index in [0.717, 1.165) is 46.5 Å². The average Bonchev–Trinajstić information content (AvgIpc) is 3.81. The number of carbonyl (C=O) groups is 3. The first kappa shape index (κ1) is 37.2. The van der Waals surface area contributed by atoms with Gasteiger partial charge in [0.05, 0.1) is 60.5 Å². The maximum atomic E-state index is 13.8. The summed E-state index contributed by atoms with van der Waals surface area (Å²) in [7, 11) is 1.55. The zero-order valence-electron chi connectivity index (χ0n) is 32.0. The van der Waals surface area contributed by atoms with Crippen molar-refractivity contribution in [1.29, 1.82) is 0 Å². The maximum absolute atomic E-state index is 13.8. The predicted molar refractivity (Wildman–Crippen MR) is 220 cm³/mol. The van der Waals surface area contributed by atoms with Crippen LogP contribution in [0.4, 0.5) is 17.1 Å². The lowest BCUT2D eigenvalue weighted by atomic mass is 10.0. The van der Waals surface area contributed by atoms with Gasteiger partial charge in [0.2, 0.25) is 0 Å². The summed E-state index contributed by atoms with van der Waals surface area (Å²) in [4.78, 5) is 51.6. The molecular weight excluding hydrogens is 723 g/mol. The van der Waals surface area contributed by atoms with Crippen LogP contribution in [0, 0.1) is 6.92 Å². The van der Waals surface area contributed by atoms with Crippen molar-refractivity contribution in [2.24, 2.45) is 9.98 Å². The highest BCUT2D eigenvalue weighted by molar-refractivity contribution is 6.06. The SMILES string of the molecule is CCCNc1ccc(C2=CN3C(=O)c4cc(OC)c(OCCCOc5cc6c(cc5C)C(=O)N5C=C(c7ccc(C(=O)O)cc7)C[C@H]5C=N6)cc4N=C[C@@H]3C2)cc1. The molecule has 0 spiro atoms. The minimum Gasteiger partial charge on any atom is -0.493 e. The van der Waals surface area contributed by atoms with Gasteiger partial charge in [-0.15, -0.1) is 0 Å². The monoisotopic (exact) mass is 765 g/mol. The van der Waals surface area contributed by atoms with Crippen molar-refractivity contribution in [2.45, 2.75) is 51.6 Å². The Morgan fingerprint density at radius 3 is 1.88 bits per heavy atom. The van der Waals surface area contributed by atoms with E-state index in [1.165, 1.54) is 0 Å². The molecule has 4 aliphatic rings. The van der Waals surface area contributed by atoms with Crippen LogP contribution in [0.25, 0.3) is 11.1 Å². The fourth-order valence-electron chi connectivity index (χ4n) is 7.48. The number of carboxylic acids is 1. The van der Waals surface area contributed by atoms with Crippen LogP contribution in [0.15, 0.2) is 95.2 Å². The molecule has 4 aromatic carbocycles. The number of rotatable bonds is 13. The number of aryl methyl sites for hydroxylation is 1. The molecule has 4 heterocycles. The number of amides is 2. The second-order valence-electron chi connectivity index (χ2n) is 14.4. The van der Waals surface area contributed by atoms with Crippen molar-refractivity contribution >= 4 is 58.4 Å². The van der Waals surface area contributed by atoms with Gasteiger partial charge >= 0.3 is 5.97 Å². The number of hydrogen-bond acceptors (Lipinski definition) is 9. The zero-order valence-corrected chi connectivity index (χ0v) is 32.0. The molecule has 0 aromatic heterocycles. The van der Waals surface area contributed by atoms with Crippen molar-refractivity contribution in [3.63, 3.8) is 0 Å². The summed E-state index contributed by atoms with van der Waals surface area (Å²) in [5.74, 6) is 0.277. The summed E-state index contributed by atoms with van der Waals surface area (Å²) in [5, 5.41) is 12.6. The second kappa shape index (κ2) is 15.8. The molecule has 0 unspecified atom stereocenters. The third-order valence-corrected chi connectivity index (χ3v) is 10.6. The number of hydrogen-bond donors (Lipinski definition) is 2. The van der Waals surface area contributed by atoms with E-state index in [1.807, 2.05) is 31.6 Å². The van der Waals surface area contributed by atoms with Crippen molar-refractivity contribution in [2.75, 3.05) is 32.2 Å². The Bertz CT molecular complexity index is 2360. The Labute approximate surface area is 330 Å². The van der Waals surface area contributed by atoms with Crippen molar-refractivity contribution in [1.82, 2.24) is 9.80 Å². The molecule has 0 radical (unpaired) electrons. The zero-order chi connectivity index (χ0) is 39.6. The summed E-state index contributed by atoms with van der Waals surface area (Å²) in [5.41, 5.74) is 8.06. The van der Waals surface area contributed by atoms with Crippen LogP contribution in [0.1, 0.15) is 80.4 Å². The Morgan fingerprint density at radius 1 is 0.772 bits per heavy atom. The van der Waals surface area contributed by atoms with Crippen LogP contribution in [-0.4, -0.2) is 84.1 Å². The summed E-state index contributed by atoms with van der Waals surface area (Å²) in [6.45, 7) is 5.63. The smallest absolute Gasteiger partial charge is 0.335 e. The highest BCUT2D eigenvalue weighted by Crippen LogP contribution is 2.41. The van der Waals surface area contributed by atoms with Crippen LogP contribution in [0.5, 0.6) is 17.2 Å². The summed E-state index contributed by atoms with van der Waals surface area (Å²) in [6.07, 6.45) is 10.2. The van der Waals surface area contributed by atoms with Crippen molar-refractivity contribution < 1.29 is 33.7 Å². The van der Waals surface area contributed by atoms with E-state index >= 15 is 0 Å². The molecule has 2 N–H and O–H groups in total. The van der Waals surface area contributed by atoms with Gasteiger partial charge in [-0.3, -0.25) is 19.6 Å². The molecule has 4 aliphatic heterocycles. The van der Waals surface area contributed by atoms with E-state index in [1.54, 1.807) is 65.6 Å². The standard InChI is InChI=1S/C45H43N5O7/c1-4-14-46-33-12-10-29(11-13-33)32-19-35-24-48-39-22-42(41(55-3)20-37(39)44(52)50(35)26-32)57-16-5-15-56-40-21-38-36(17-27(40)2)43(51)49-25-31(18-34(49)23-47-38)28-6-8-30(9-7-28)45(53)54/h6-13,17,20-26,34-35,46H,4-5,14-16,18-19H2,1-3H3,(H,53,54)/t34-,35-/m0/s1. The molecule has 0 saturated heterocycles. The van der Waals surface area contributed by atoms with Crippen molar-refractivity contribution in [3.8, 4) is 17.2 Å². The Kier molecular flexibility index (Phi) is 10.3. The molecule has 12 nitrogen and oxygen atoms in total. The highest BCUT2D eigenvalue weighted by Gasteiger charge is 2.35. The first-order valence-electron chi connectivity index (χ1n) is 19.2. The second-order valence-corrected chi connectivity index (χ2v) is 14.4. The number of methoxy groups -OCH3 is 1. The minimum absolute atomic E-state index is 0.143. The quantitative estimate of drug-likeness (QED) is 0.130. The topological polar surface area (TPSA) is 142 Å². The Hall–Kier alpha value is -6.69. The number of nitrogens with one attached hydrogen (secondary N) is 1. The number of aliphatic imine (C=N–C) groups is 2. The Balaban J connectivity index is 0.882. The molecule has 0 saturated carbocycles. The molecule has 0 aliphatic carbocycles. The average molecular weight is 766 g/mol. The molecule has 0 bridgehead atoms. The first-order valence-corrected chi connectivity index (χ1v) is 19.2. The summed E-state index contributed by atoms with van der Waals surface area (Å²) in [6, 6.07) is 21.6. The number of carbonyl (C=O) groups excluding carboxylic acids is 2. The molecule has 12 heteroatoms. The molecule has 0 fully saturated rings. The largest absolute Gasteiger partial charge is 0.493 e. The van der Waals surface area contributed by atoms with E-state index in [-0.39, 0.29) is 29.5 Å². The number of carboxylic acid groups (broad SMARTS) is 1. The lowest BCUT2D eigenvalue weighted by molar-refractivity contribution is 0.0695. The first-order chi connectivity index (χ1) is 27.7. The van der Waals surface area contributed by atoms with Crippen LogP contribution in [0.2, 0.25) is 0 Å². The number of anilines is 1. The molecule has 2 amide bonds. The number of aromatic carboxylic acids is 1. The van der Waals surface area contributed by atoms with E-state index < -0.39 is 5.97 Å². The summed E-state index contributed by atoms with van der Waals surface area (Å²) >= 11 is 0. The fourth-order valence-corrected chi connectivity index (χ4v) is 7.48. The van der Waals surface area contributed by atoms with Crippen LogP contribution < -0.4 is 19.5 Å². The predicted octanol–water partition coefficient (Wildman–Crippen LogP) is 8.31. The van der Waals surface area contributed by atoms with Crippen molar-refractivity contribution in [3.05, 3.63) is 119 Å². The number of nitrogens with zero attached hydrogens (tertiary/aromatic N) is 4. The molecule has 8 rings (SSSR count).